The maximum atomic E-state index is 12.7. The van der Waals surface area contributed by atoms with E-state index < -0.39 is 0 Å². The number of rotatable bonds is 7. The van der Waals surface area contributed by atoms with Gasteiger partial charge in [-0.3, -0.25) is 9.59 Å². The van der Waals surface area contributed by atoms with E-state index in [9.17, 15) is 9.59 Å². The molecule has 0 bridgehead atoms. The number of carbonyl (C=O) groups excluding carboxylic acids is 2. The van der Waals surface area contributed by atoms with Gasteiger partial charge in [-0.2, -0.15) is 0 Å². The number of benzene rings is 1. The minimum atomic E-state index is 0.0213. The van der Waals surface area contributed by atoms with E-state index in [0.29, 0.717) is 26.2 Å². The molecular weight excluding hydrogens is 344 g/mol. The molecule has 6 nitrogen and oxygen atoms in total. The Balaban J connectivity index is 1.57. The quantitative estimate of drug-likeness (QED) is 0.731. The Kier molecular flexibility index (Phi) is 7.24. The first-order valence-electron chi connectivity index (χ1n) is 9.88. The number of carbonyl (C=O) groups is 2. The summed E-state index contributed by atoms with van der Waals surface area (Å²) in [5.41, 5.74) is 1.18. The zero-order valence-electron chi connectivity index (χ0n) is 16.1. The predicted octanol–water partition coefficient (Wildman–Crippen LogP) is 1.87. The maximum Gasteiger partial charge on any atom is 0.249 e. The topological polar surface area (TPSA) is 59.1 Å². The lowest BCUT2D eigenvalue weighted by Crippen LogP contribution is -2.51. The third-order valence-electron chi connectivity index (χ3n) is 5.52. The highest BCUT2D eigenvalue weighted by atomic mass is 16.5. The van der Waals surface area contributed by atoms with E-state index in [4.69, 9.17) is 9.47 Å². The fourth-order valence-electron chi connectivity index (χ4n) is 4.12. The monoisotopic (exact) mass is 374 g/mol. The first-order chi connectivity index (χ1) is 13.2. The van der Waals surface area contributed by atoms with Gasteiger partial charge in [-0.1, -0.05) is 30.3 Å². The number of nitrogens with zero attached hydrogens (tertiary/aromatic N) is 2. The molecule has 2 aliphatic rings. The third kappa shape index (κ3) is 5.30. The van der Waals surface area contributed by atoms with Crippen LogP contribution in [0.25, 0.3) is 0 Å². The van der Waals surface area contributed by atoms with E-state index in [1.54, 1.807) is 7.11 Å². The van der Waals surface area contributed by atoms with Gasteiger partial charge in [-0.05, 0) is 31.2 Å². The first-order valence-corrected chi connectivity index (χ1v) is 9.88. The summed E-state index contributed by atoms with van der Waals surface area (Å²) < 4.78 is 10.5. The van der Waals surface area contributed by atoms with Crippen LogP contribution >= 0.6 is 0 Å². The highest BCUT2D eigenvalue weighted by Crippen LogP contribution is 2.24. The molecule has 1 atom stereocenters. The third-order valence-corrected chi connectivity index (χ3v) is 5.52. The molecule has 2 fully saturated rings. The second-order valence-corrected chi connectivity index (χ2v) is 7.35. The van der Waals surface area contributed by atoms with Crippen LogP contribution in [-0.2, 0) is 25.5 Å². The average Bonchev–Trinajstić information content (AvgIpc) is 3.18. The van der Waals surface area contributed by atoms with Crippen molar-refractivity contribution in [1.29, 1.82) is 0 Å². The molecule has 1 aromatic rings. The second-order valence-electron chi connectivity index (χ2n) is 7.35. The first kappa shape index (κ1) is 19.8. The minimum absolute atomic E-state index is 0.0213. The van der Waals surface area contributed by atoms with Crippen molar-refractivity contribution in [2.45, 2.75) is 44.2 Å². The van der Waals surface area contributed by atoms with Gasteiger partial charge in [0.15, 0.2) is 0 Å². The fourth-order valence-corrected chi connectivity index (χ4v) is 4.12. The highest BCUT2D eigenvalue weighted by molar-refractivity contribution is 5.79. The molecule has 0 N–H and O–H groups in total. The van der Waals surface area contributed by atoms with Crippen LogP contribution in [0.1, 0.15) is 31.2 Å². The molecule has 1 aromatic carbocycles. The van der Waals surface area contributed by atoms with E-state index in [-0.39, 0.29) is 30.5 Å². The van der Waals surface area contributed by atoms with Gasteiger partial charge in [0.25, 0.3) is 0 Å². The van der Waals surface area contributed by atoms with E-state index in [2.05, 4.69) is 12.1 Å². The van der Waals surface area contributed by atoms with Gasteiger partial charge < -0.3 is 19.3 Å². The zero-order chi connectivity index (χ0) is 19.1. The zero-order valence-corrected chi connectivity index (χ0v) is 16.1. The van der Waals surface area contributed by atoms with Crippen LogP contribution in [0, 0.1) is 0 Å². The van der Waals surface area contributed by atoms with Crippen LogP contribution in [0.15, 0.2) is 30.3 Å². The molecule has 1 unspecified atom stereocenters. The van der Waals surface area contributed by atoms with Crippen molar-refractivity contribution in [1.82, 2.24) is 9.80 Å². The molecule has 27 heavy (non-hydrogen) atoms. The summed E-state index contributed by atoms with van der Waals surface area (Å²) in [6.45, 7) is 2.82. The van der Waals surface area contributed by atoms with E-state index >= 15 is 0 Å². The fraction of sp³-hybridized carbons (Fsp3) is 0.619. The van der Waals surface area contributed by atoms with Gasteiger partial charge in [0, 0.05) is 45.9 Å². The average molecular weight is 374 g/mol. The lowest BCUT2D eigenvalue weighted by atomic mass is 10.0. The number of methoxy groups -OCH3 is 1. The van der Waals surface area contributed by atoms with E-state index in [1.165, 1.54) is 5.56 Å². The summed E-state index contributed by atoms with van der Waals surface area (Å²) in [4.78, 5) is 29.2. The molecule has 3 rings (SSSR count). The molecular formula is C21H30N2O4. The van der Waals surface area contributed by atoms with Crippen molar-refractivity contribution < 1.29 is 19.1 Å². The number of ether oxygens (including phenoxy) is 2. The molecule has 0 spiro atoms. The van der Waals surface area contributed by atoms with Crippen LogP contribution in [0.4, 0.5) is 0 Å². The normalized spacial score (nSPS) is 20.6. The highest BCUT2D eigenvalue weighted by Gasteiger charge is 2.36. The molecule has 2 heterocycles. The molecule has 0 aromatic heterocycles. The summed E-state index contributed by atoms with van der Waals surface area (Å²) in [7, 11) is 1.55. The largest absolute Gasteiger partial charge is 0.381 e. The number of aryl methyl sites for hydroxylation is 1. The Bertz CT molecular complexity index is 616. The summed E-state index contributed by atoms with van der Waals surface area (Å²) in [6.07, 6.45) is 3.82. The Morgan fingerprint density at radius 1 is 1.15 bits per heavy atom. The molecule has 2 saturated heterocycles. The van der Waals surface area contributed by atoms with Crippen molar-refractivity contribution in [3.63, 3.8) is 0 Å². The van der Waals surface area contributed by atoms with Crippen LogP contribution in [0.5, 0.6) is 0 Å². The number of hydrogen-bond acceptors (Lipinski definition) is 4. The van der Waals surface area contributed by atoms with Crippen molar-refractivity contribution in [3.8, 4) is 0 Å². The Labute approximate surface area is 161 Å². The lowest BCUT2D eigenvalue weighted by Gasteiger charge is -2.38. The van der Waals surface area contributed by atoms with Crippen molar-refractivity contribution in [2.75, 3.05) is 40.0 Å². The molecule has 2 amide bonds. The molecule has 6 heteroatoms. The van der Waals surface area contributed by atoms with E-state index in [1.807, 2.05) is 28.0 Å². The number of likely N-dealkylation sites (tertiary alicyclic amines) is 1. The van der Waals surface area contributed by atoms with Crippen LogP contribution in [0.2, 0.25) is 0 Å². The van der Waals surface area contributed by atoms with Gasteiger partial charge in [0.1, 0.15) is 6.61 Å². The van der Waals surface area contributed by atoms with Gasteiger partial charge in [0.05, 0.1) is 6.04 Å². The van der Waals surface area contributed by atoms with Crippen LogP contribution in [0.3, 0.4) is 0 Å². The molecule has 0 saturated carbocycles. The molecule has 0 radical (unpaired) electrons. The maximum absolute atomic E-state index is 12.7. The second kappa shape index (κ2) is 9.85. The summed E-state index contributed by atoms with van der Waals surface area (Å²) >= 11 is 0. The van der Waals surface area contributed by atoms with Crippen LogP contribution < -0.4 is 0 Å². The van der Waals surface area contributed by atoms with E-state index in [0.717, 1.165) is 32.2 Å². The van der Waals surface area contributed by atoms with Gasteiger partial charge >= 0.3 is 0 Å². The summed E-state index contributed by atoms with van der Waals surface area (Å²) in [5.74, 6) is 0.195. The van der Waals surface area contributed by atoms with Crippen molar-refractivity contribution in [3.05, 3.63) is 35.9 Å². The van der Waals surface area contributed by atoms with Gasteiger partial charge in [-0.15, -0.1) is 0 Å². The summed E-state index contributed by atoms with van der Waals surface area (Å²) in [5, 5.41) is 0. The predicted molar refractivity (Wildman–Crippen MR) is 102 cm³/mol. The standard InChI is InChI=1S/C21H30N2O4/c1-26-16-21(25)23(18-10-13-27-14-11-18)19-9-12-22(15-19)20(24)8-7-17-5-3-2-4-6-17/h2-6,18-19H,7-16H2,1H3. The van der Waals surface area contributed by atoms with Crippen molar-refractivity contribution >= 4 is 11.8 Å². The van der Waals surface area contributed by atoms with Gasteiger partial charge in [-0.25, -0.2) is 0 Å². The molecule has 2 aliphatic heterocycles. The molecule has 0 aliphatic carbocycles. The lowest BCUT2D eigenvalue weighted by molar-refractivity contribution is -0.143. The Morgan fingerprint density at radius 2 is 1.89 bits per heavy atom. The van der Waals surface area contributed by atoms with Crippen molar-refractivity contribution in [2.24, 2.45) is 0 Å². The number of hydrogen-bond donors (Lipinski definition) is 0. The Morgan fingerprint density at radius 3 is 2.59 bits per heavy atom. The minimum Gasteiger partial charge on any atom is -0.381 e. The smallest absolute Gasteiger partial charge is 0.249 e. The van der Waals surface area contributed by atoms with Crippen LogP contribution in [-0.4, -0.2) is 73.7 Å². The SMILES string of the molecule is COCC(=O)N(C1CCOCC1)C1CCN(C(=O)CCc2ccccc2)C1. The Hall–Kier alpha value is -1.92. The molecule has 148 valence electrons. The summed E-state index contributed by atoms with van der Waals surface area (Å²) in [6, 6.07) is 10.4. The van der Waals surface area contributed by atoms with Gasteiger partial charge in [0.2, 0.25) is 11.8 Å². The number of amides is 2.